The summed E-state index contributed by atoms with van der Waals surface area (Å²) in [6, 6.07) is 11.1. The second kappa shape index (κ2) is 7.95. The first-order valence-electron chi connectivity index (χ1n) is 6.83. The van der Waals surface area contributed by atoms with Crippen molar-refractivity contribution in [2.45, 2.75) is 6.54 Å². The summed E-state index contributed by atoms with van der Waals surface area (Å²) in [6.07, 6.45) is 3.26. The Morgan fingerprint density at radius 3 is 2.91 bits per heavy atom. The summed E-state index contributed by atoms with van der Waals surface area (Å²) in [5.41, 5.74) is 10.6. The summed E-state index contributed by atoms with van der Waals surface area (Å²) in [5.74, 6) is 0. The van der Waals surface area contributed by atoms with E-state index in [9.17, 15) is 4.91 Å². The highest BCUT2D eigenvalue weighted by Gasteiger charge is 2.15. The SMILES string of the molecule is C[N+](=O)c1cc(/C=N/NC(N)=S)ccc1NCc1ccccn1. The Balaban J connectivity index is 2.14. The number of anilines is 1. The number of rotatable bonds is 6. The maximum absolute atomic E-state index is 11.8. The summed E-state index contributed by atoms with van der Waals surface area (Å²) < 4.78 is 0.791. The molecule has 0 aliphatic carbocycles. The van der Waals surface area contributed by atoms with Crippen molar-refractivity contribution in [1.29, 1.82) is 0 Å². The van der Waals surface area contributed by atoms with Crippen LogP contribution in [0.1, 0.15) is 11.3 Å². The lowest BCUT2D eigenvalue weighted by atomic mass is 10.1. The van der Waals surface area contributed by atoms with Crippen LogP contribution >= 0.6 is 12.2 Å². The van der Waals surface area contributed by atoms with Crippen molar-refractivity contribution < 1.29 is 4.76 Å². The molecule has 2 aromatic rings. The Labute approximate surface area is 139 Å². The third kappa shape index (κ3) is 5.11. The highest BCUT2D eigenvalue weighted by Crippen LogP contribution is 2.25. The first-order valence-corrected chi connectivity index (χ1v) is 7.24. The van der Waals surface area contributed by atoms with Crippen LogP contribution in [0.15, 0.2) is 47.7 Å². The van der Waals surface area contributed by atoms with Gasteiger partial charge in [-0.3, -0.25) is 10.4 Å². The monoisotopic (exact) mass is 329 g/mol. The molecule has 1 aromatic heterocycles. The largest absolute Gasteiger partial charge is 0.375 e. The van der Waals surface area contributed by atoms with E-state index in [4.69, 9.17) is 5.73 Å². The molecule has 7 nitrogen and oxygen atoms in total. The first-order chi connectivity index (χ1) is 11.1. The van der Waals surface area contributed by atoms with Gasteiger partial charge in [-0.1, -0.05) is 12.1 Å². The molecule has 0 aliphatic rings. The van der Waals surface area contributed by atoms with Crippen LogP contribution in [0.3, 0.4) is 0 Å². The fraction of sp³-hybridized carbons (Fsp3) is 0.133. The number of hydrogen-bond donors (Lipinski definition) is 3. The number of nitroso groups, excluding NO2 is 1. The molecule has 23 heavy (non-hydrogen) atoms. The van der Waals surface area contributed by atoms with Gasteiger partial charge in [0.2, 0.25) is 0 Å². The quantitative estimate of drug-likeness (QED) is 0.324. The molecule has 1 heterocycles. The van der Waals surface area contributed by atoms with E-state index >= 15 is 0 Å². The predicted molar refractivity (Wildman–Crippen MR) is 94.7 cm³/mol. The van der Waals surface area contributed by atoms with Crippen LogP contribution in [0, 0.1) is 4.91 Å². The minimum atomic E-state index is 0.0797. The fourth-order valence-electron chi connectivity index (χ4n) is 1.90. The van der Waals surface area contributed by atoms with Crippen LogP contribution in [-0.2, 0) is 6.54 Å². The van der Waals surface area contributed by atoms with Crippen molar-refractivity contribution in [2.75, 3.05) is 12.4 Å². The zero-order valence-electron chi connectivity index (χ0n) is 12.6. The van der Waals surface area contributed by atoms with Gasteiger partial charge in [0, 0.05) is 27.5 Å². The lowest BCUT2D eigenvalue weighted by molar-refractivity contribution is -0.427. The third-order valence-corrected chi connectivity index (χ3v) is 3.03. The molecule has 0 aliphatic heterocycles. The molecular formula is C15H17N6OS+. The molecule has 1 aromatic carbocycles. The van der Waals surface area contributed by atoms with Crippen LogP contribution in [0.25, 0.3) is 0 Å². The van der Waals surface area contributed by atoms with E-state index in [1.807, 2.05) is 30.3 Å². The Hall–Kier alpha value is -2.87. The third-order valence-electron chi connectivity index (χ3n) is 2.94. The maximum atomic E-state index is 11.8. The number of nitrogens with one attached hydrogen (secondary N) is 2. The number of aromatic nitrogens is 1. The van der Waals surface area contributed by atoms with Crippen molar-refractivity contribution in [3.05, 3.63) is 58.8 Å². The van der Waals surface area contributed by atoms with E-state index in [-0.39, 0.29) is 5.11 Å². The second-order valence-electron chi connectivity index (χ2n) is 4.68. The van der Waals surface area contributed by atoms with Gasteiger partial charge in [0.1, 0.15) is 5.69 Å². The number of nitrogens with zero attached hydrogens (tertiary/aromatic N) is 3. The Bertz CT molecular complexity index is 732. The highest BCUT2D eigenvalue weighted by atomic mass is 32.1. The van der Waals surface area contributed by atoms with E-state index in [1.165, 1.54) is 13.3 Å². The van der Waals surface area contributed by atoms with Crippen molar-refractivity contribution >= 4 is 34.9 Å². The molecule has 0 spiro atoms. The summed E-state index contributed by atoms with van der Waals surface area (Å²) in [4.78, 5) is 16.0. The zero-order valence-corrected chi connectivity index (χ0v) is 13.4. The van der Waals surface area contributed by atoms with E-state index in [1.54, 1.807) is 12.3 Å². The van der Waals surface area contributed by atoms with Crippen LogP contribution < -0.4 is 16.5 Å². The van der Waals surface area contributed by atoms with Gasteiger partial charge in [-0.05, 0) is 30.4 Å². The van der Waals surface area contributed by atoms with Gasteiger partial charge in [0.15, 0.2) is 12.2 Å². The van der Waals surface area contributed by atoms with Gasteiger partial charge in [-0.2, -0.15) is 5.10 Å². The average Bonchev–Trinajstić information content (AvgIpc) is 2.54. The average molecular weight is 329 g/mol. The van der Waals surface area contributed by atoms with E-state index in [2.05, 4.69) is 33.0 Å². The molecule has 0 amide bonds. The Morgan fingerprint density at radius 2 is 2.26 bits per heavy atom. The molecule has 0 fully saturated rings. The molecule has 0 unspecified atom stereocenters. The highest BCUT2D eigenvalue weighted by molar-refractivity contribution is 7.80. The predicted octanol–water partition coefficient (Wildman–Crippen LogP) is 1.90. The van der Waals surface area contributed by atoms with Gasteiger partial charge >= 0.3 is 0 Å². The van der Waals surface area contributed by atoms with E-state index in [0.29, 0.717) is 17.9 Å². The molecule has 0 atom stereocenters. The number of pyridine rings is 1. The van der Waals surface area contributed by atoms with E-state index in [0.717, 1.165) is 16.0 Å². The zero-order chi connectivity index (χ0) is 16.7. The number of nitrogens with two attached hydrogens (primary N) is 1. The van der Waals surface area contributed by atoms with Gasteiger partial charge in [-0.25, -0.2) is 0 Å². The van der Waals surface area contributed by atoms with E-state index < -0.39 is 0 Å². The molecule has 0 bridgehead atoms. The molecule has 0 saturated heterocycles. The van der Waals surface area contributed by atoms with Gasteiger partial charge in [0.05, 0.1) is 18.5 Å². The van der Waals surface area contributed by atoms with Gasteiger partial charge in [-0.15, -0.1) is 0 Å². The molecular weight excluding hydrogens is 312 g/mol. The summed E-state index contributed by atoms with van der Waals surface area (Å²) in [7, 11) is 1.44. The number of hydrazone groups is 1. The van der Waals surface area contributed by atoms with Crippen LogP contribution in [0.2, 0.25) is 0 Å². The number of benzene rings is 1. The minimum Gasteiger partial charge on any atom is -0.375 e. The molecule has 118 valence electrons. The topological polar surface area (TPSA) is 95.4 Å². The smallest absolute Gasteiger partial charge is 0.279 e. The molecule has 4 N–H and O–H groups in total. The maximum Gasteiger partial charge on any atom is 0.279 e. The summed E-state index contributed by atoms with van der Waals surface area (Å²) >= 11 is 4.66. The van der Waals surface area contributed by atoms with Crippen molar-refractivity contribution in [2.24, 2.45) is 10.8 Å². The number of thiocarbonyl (C=S) groups is 1. The first kappa shape index (κ1) is 16.5. The standard InChI is InChI=1S/C15H16N6OS/c1-21(22)14-8-11(9-19-20-15(16)23)5-6-13(14)18-10-12-4-2-3-7-17-12/h2-9H,10H2,1H3,(H3-,16,18,19,20,22,23)/p+1. The second-order valence-corrected chi connectivity index (χ2v) is 5.12. The molecule has 0 radical (unpaired) electrons. The molecule has 2 rings (SSSR count). The lowest BCUT2D eigenvalue weighted by Gasteiger charge is -2.07. The van der Waals surface area contributed by atoms with Crippen LogP contribution in [0.5, 0.6) is 0 Å². The Kier molecular flexibility index (Phi) is 5.70. The summed E-state index contributed by atoms with van der Waals surface area (Å²) in [5, 5.41) is 7.16. The van der Waals surface area contributed by atoms with Crippen molar-refractivity contribution in [1.82, 2.24) is 10.4 Å². The summed E-state index contributed by atoms with van der Waals surface area (Å²) in [6.45, 7) is 0.526. The molecule has 0 saturated carbocycles. The minimum absolute atomic E-state index is 0.0797. The van der Waals surface area contributed by atoms with Crippen molar-refractivity contribution in [3.8, 4) is 0 Å². The van der Waals surface area contributed by atoms with Crippen LogP contribution in [0.4, 0.5) is 11.4 Å². The van der Waals surface area contributed by atoms with Crippen LogP contribution in [-0.4, -0.2) is 28.1 Å². The van der Waals surface area contributed by atoms with Gasteiger partial charge < -0.3 is 11.1 Å². The van der Waals surface area contributed by atoms with Crippen molar-refractivity contribution in [3.63, 3.8) is 0 Å². The number of hydrogen-bond acceptors (Lipinski definition) is 5. The lowest BCUT2D eigenvalue weighted by Crippen LogP contribution is -2.23. The fourth-order valence-corrected chi connectivity index (χ4v) is 1.95. The molecule has 8 heteroatoms. The van der Waals surface area contributed by atoms with Gasteiger partial charge in [0.25, 0.3) is 5.69 Å². The Morgan fingerprint density at radius 1 is 1.43 bits per heavy atom. The normalized spacial score (nSPS) is 10.5.